The molecule has 0 N–H and O–H groups in total. The molecule has 0 saturated carbocycles. The molecule has 0 aliphatic rings. The van der Waals surface area contributed by atoms with Crippen molar-refractivity contribution >= 4 is 46.4 Å². The maximum atomic E-state index is 12.5. The number of fused-ring (bicyclic) bond motifs is 2. The average Bonchev–Trinajstić information content (AvgIpc) is 3.83. The number of halogens is 1. The van der Waals surface area contributed by atoms with Crippen molar-refractivity contribution in [3.63, 3.8) is 0 Å². The molecule has 0 aliphatic heterocycles. The fraction of sp³-hybridized carbons (Fsp3) is 0.243. The third kappa shape index (κ3) is 11.5. The summed E-state index contributed by atoms with van der Waals surface area (Å²) >= 11 is 6.37. The molecule has 0 saturated heterocycles. The van der Waals surface area contributed by atoms with Gasteiger partial charge in [0.2, 0.25) is 0 Å². The van der Waals surface area contributed by atoms with E-state index >= 15 is 0 Å². The number of pyridine rings is 2. The van der Waals surface area contributed by atoms with E-state index in [1.54, 1.807) is 10.6 Å². The number of hydrogen-bond donors (Lipinski definition) is 0. The predicted molar refractivity (Wildman–Crippen MR) is 182 cm³/mol. The number of carboxylic acids is 1. The van der Waals surface area contributed by atoms with Crippen molar-refractivity contribution in [3.8, 4) is 5.75 Å². The molecular weight excluding hydrogens is 722 g/mol. The summed E-state index contributed by atoms with van der Waals surface area (Å²) < 4.78 is 7.68. The predicted octanol–water partition coefficient (Wildman–Crippen LogP) is -2.39. The molecule has 0 bridgehead atoms. The summed E-state index contributed by atoms with van der Waals surface area (Å²) in [7, 11) is 1.29. The van der Waals surface area contributed by atoms with Crippen LogP contribution in [0.2, 0.25) is 5.02 Å². The van der Waals surface area contributed by atoms with Crippen molar-refractivity contribution < 1.29 is 93.2 Å². The molecule has 0 radical (unpaired) electrons. The Kier molecular flexibility index (Phi) is 17.3. The smallest absolute Gasteiger partial charge is 0.872 e. The number of rotatable bonds is 14. The second-order valence-electron chi connectivity index (χ2n) is 11.5. The van der Waals surface area contributed by atoms with Gasteiger partial charge in [-0.1, -0.05) is 78.0 Å². The number of hydrogen-bond acceptors (Lipinski definition) is 11. The Bertz CT molecular complexity index is 2180. The van der Waals surface area contributed by atoms with Crippen LogP contribution in [0.1, 0.15) is 68.9 Å². The molecule has 53 heavy (non-hydrogen) atoms. The minimum Gasteiger partial charge on any atom is -0.872 e. The van der Waals surface area contributed by atoms with Crippen LogP contribution in [0.15, 0.2) is 85.5 Å². The first-order valence-corrected chi connectivity index (χ1v) is 16.5. The van der Waals surface area contributed by atoms with E-state index < -0.39 is 29.9 Å². The molecule has 0 amide bonds. The minimum absolute atomic E-state index is 0. The fourth-order valence-corrected chi connectivity index (χ4v) is 5.83. The van der Waals surface area contributed by atoms with Gasteiger partial charge in [-0.3, -0.25) is 14.4 Å². The number of methoxy groups -OCH3 is 1. The largest absolute Gasteiger partial charge is 1.00 e. The third-order valence-electron chi connectivity index (χ3n) is 8.09. The van der Waals surface area contributed by atoms with Crippen LogP contribution in [0.5, 0.6) is 5.75 Å². The van der Waals surface area contributed by atoms with Gasteiger partial charge in [0, 0.05) is 30.2 Å². The summed E-state index contributed by atoms with van der Waals surface area (Å²) in [6.07, 6.45) is 4.75. The number of carbonyl (C=O) groups excluding carboxylic acids is 4. The quantitative estimate of drug-likeness (QED) is 0.0657. The number of Topliss-reactive ketones (excluding diaryl/α,β-unsaturated/α-hetero) is 2. The molecule has 262 valence electrons. The third-order valence-corrected chi connectivity index (χ3v) is 8.38. The Balaban J connectivity index is 0.000000275. The Hall–Kier alpha value is -3.95. The van der Waals surface area contributed by atoms with Crippen LogP contribution in [-0.2, 0) is 40.0 Å². The van der Waals surface area contributed by atoms with Gasteiger partial charge >= 0.3 is 65.1 Å². The fourth-order valence-electron chi connectivity index (χ4n) is 5.52. The summed E-state index contributed by atoms with van der Waals surface area (Å²) in [4.78, 5) is 54.7. The van der Waals surface area contributed by atoms with E-state index in [0.717, 1.165) is 17.7 Å². The SMILES string of the molecule is COC(=O)CCC(=O)c1c(Cl)cc(CCc2ccccc2)n2ncnc12.O=C([O-])CCC(=O)c1c([O-])cc(CCc2ccccc2)n2ncnc12.[Na+].[Na+]. The van der Waals surface area contributed by atoms with Crippen molar-refractivity contribution in [1.29, 1.82) is 0 Å². The summed E-state index contributed by atoms with van der Waals surface area (Å²) in [5.74, 6) is -3.06. The van der Waals surface area contributed by atoms with Crippen LogP contribution in [-0.4, -0.2) is 59.8 Å². The maximum absolute atomic E-state index is 12.5. The van der Waals surface area contributed by atoms with Crippen molar-refractivity contribution in [2.45, 2.75) is 51.4 Å². The van der Waals surface area contributed by atoms with Crippen molar-refractivity contribution in [2.24, 2.45) is 0 Å². The Labute approximate surface area is 354 Å². The van der Waals surface area contributed by atoms with Crippen LogP contribution < -0.4 is 69.3 Å². The van der Waals surface area contributed by atoms with Gasteiger partial charge in [0.15, 0.2) is 22.9 Å². The molecule has 0 aliphatic carbocycles. The van der Waals surface area contributed by atoms with E-state index in [1.165, 1.54) is 35.9 Å². The number of ketones is 2. The van der Waals surface area contributed by atoms with Gasteiger partial charge in [-0.15, -0.1) is 0 Å². The number of aliphatic carboxylic acids is 1. The zero-order chi connectivity index (χ0) is 36.3. The summed E-state index contributed by atoms with van der Waals surface area (Å²) in [5.41, 5.74) is 4.59. The van der Waals surface area contributed by atoms with Gasteiger partial charge in [0.05, 0.1) is 29.7 Å². The zero-order valence-electron chi connectivity index (χ0n) is 29.7. The number of nitrogens with zero attached hydrogens (tertiary/aromatic N) is 6. The van der Waals surface area contributed by atoms with E-state index in [2.05, 4.69) is 37.0 Å². The van der Waals surface area contributed by atoms with Crippen molar-refractivity contribution in [3.05, 3.63) is 124 Å². The molecule has 0 atom stereocenters. The van der Waals surface area contributed by atoms with E-state index in [-0.39, 0.29) is 101 Å². The van der Waals surface area contributed by atoms with E-state index in [4.69, 9.17) is 11.6 Å². The summed E-state index contributed by atoms with van der Waals surface area (Å²) in [5, 5.41) is 31.6. The molecule has 6 rings (SSSR count). The number of benzene rings is 2. The molecule has 0 fully saturated rings. The van der Waals surface area contributed by atoms with Crippen molar-refractivity contribution in [2.75, 3.05) is 7.11 Å². The van der Waals surface area contributed by atoms with Gasteiger partial charge in [-0.2, -0.15) is 10.2 Å². The van der Waals surface area contributed by atoms with E-state index in [9.17, 15) is 29.4 Å². The molecule has 0 spiro atoms. The van der Waals surface area contributed by atoms with Crippen molar-refractivity contribution in [1.82, 2.24) is 29.2 Å². The van der Waals surface area contributed by atoms with E-state index in [0.29, 0.717) is 35.6 Å². The molecule has 2 aromatic carbocycles. The number of aryl methyl sites for hydroxylation is 4. The average molecular weight is 755 g/mol. The van der Waals surface area contributed by atoms with Gasteiger partial charge in [0.1, 0.15) is 12.7 Å². The monoisotopic (exact) mass is 754 g/mol. The van der Waals surface area contributed by atoms with Crippen LogP contribution in [0.3, 0.4) is 0 Å². The summed E-state index contributed by atoms with van der Waals surface area (Å²) in [6.45, 7) is 0. The van der Waals surface area contributed by atoms with Crippen LogP contribution in [0, 0.1) is 0 Å². The molecule has 16 heteroatoms. The first-order valence-electron chi connectivity index (χ1n) is 16.1. The van der Waals surface area contributed by atoms with Gasteiger partial charge in [0.25, 0.3) is 0 Å². The number of carboxylic acid groups (broad SMARTS) is 1. The molecule has 13 nitrogen and oxygen atoms in total. The second kappa shape index (κ2) is 21.1. The maximum Gasteiger partial charge on any atom is 1.00 e. The Morgan fingerprint density at radius 1 is 0.679 bits per heavy atom. The molecule has 6 aromatic rings. The zero-order valence-corrected chi connectivity index (χ0v) is 34.4. The minimum atomic E-state index is -1.34. The first kappa shape index (κ1) is 43.5. The van der Waals surface area contributed by atoms with Gasteiger partial charge in [-0.25, -0.2) is 19.0 Å². The van der Waals surface area contributed by atoms with Crippen LogP contribution in [0.4, 0.5) is 0 Å². The van der Waals surface area contributed by atoms with Crippen LogP contribution >= 0.6 is 11.6 Å². The summed E-state index contributed by atoms with van der Waals surface area (Å²) in [6, 6.07) is 23.0. The Morgan fingerprint density at radius 3 is 1.66 bits per heavy atom. The Morgan fingerprint density at radius 2 is 1.15 bits per heavy atom. The number of ether oxygens (including phenoxy) is 1. The number of aromatic nitrogens is 6. The number of carbonyl (C=O) groups is 4. The van der Waals surface area contributed by atoms with E-state index in [1.807, 2.05) is 48.5 Å². The van der Waals surface area contributed by atoms with Gasteiger partial charge in [-0.05, 0) is 55.4 Å². The first-order chi connectivity index (χ1) is 24.7. The molecule has 4 aromatic heterocycles. The molecule has 0 unspecified atom stereocenters. The second-order valence-corrected chi connectivity index (χ2v) is 11.9. The standard InChI is InChI=1S/C19H18ClN3O3.C18H17N3O4.2Na/c1-26-17(25)10-9-16(24)18-15(20)11-14(23-19(18)21-12-22-23)8-7-13-5-3-2-4-6-13;22-14(8-9-16(24)25)17-15(23)10-13(21-18(17)19-11-20-21)7-6-12-4-2-1-3-5-12;;/h2-6,11-12H,7-10H2,1H3;1-5,10-11,23H,6-9H2,(H,24,25);;/q;;2*+1/p-2. The molecular formula is C37H33ClN6Na2O7. The van der Waals surface area contributed by atoms with Gasteiger partial charge < -0.3 is 19.7 Å². The number of esters is 1. The normalized spacial score (nSPS) is 10.5. The molecule has 4 heterocycles. The van der Waals surface area contributed by atoms with Crippen LogP contribution in [0.25, 0.3) is 11.3 Å². The topological polar surface area (TPSA) is 184 Å².